The molecule has 1 fully saturated rings. The first kappa shape index (κ1) is 10.9. The Labute approximate surface area is 103 Å². The highest BCUT2D eigenvalue weighted by molar-refractivity contribution is 5.76. The van der Waals surface area contributed by atoms with Gasteiger partial charge in [-0.2, -0.15) is 4.80 Å². The number of carbonyl (C=O) groups is 1. The number of nitrogens with one attached hydrogen (secondary N) is 1. The van der Waals surface area contributed by atoms with Gasteiger partial charge in [-0.1, -0.05) is 0 Å². The summed E-state index contributed by atoms with van der Waals surface area (Å²) < 4.78 is 5.38. The minimum absolute atomic E-state index is 0.0860. The number of hydrogen-bond acceptors (Lipinski definition) is 5. The van der Waals surface area contributed by atoms with Crippen LogP contribution in [-0.2, 0) is 11.3 Å². The predicted molar refractivity (Wildman–Crippen MR) is 61.4 cm³/mol. The van der Waals surface area contributed by atoms with Crippen molar-refractivity contribution in [2.75, 3.05) is 0 Å². The Morgan fingerprint density at radius 3 is 3.06 bits per heavy atom. The molecule has 1 N–H and O–H groups in total. The Hall–Kier alpha value is -2.18. The van der Waals surface area contributed by atoms with Crippen molar-refractivity contribution in [2.45, 2.75) is 32.4 Å². The van der Waals surface area contributed by atoms with E-state index < -0.39 is 0 Å². The molecule has 2 aromatic rings. The van der Waals surface area contributed by atoms with Crippen molar-refractivity contribution in [3.8, 4) is 11.6 Å². The summed E-state index contributed by atoms with van der Waals surface area (Å²) in [6, 6.07) is 3.95. The lowest BCUT2D eigenvalue weighted by Gasteiger charge is -2.00. The van der Waals surface area contributed by atoms with E-state index in [1.807, 2.05) is 13.0 Å². The van der Waals surface area contributed by atoms with Crippen molar-refractivity contribution >= 4 is 5.91 Å². The van der Waals surface area contributed by atoms with Gasteiger partial charge in [-0.15, -0.1) is 10.2 Å². The standard InChI is InChI=1S/C11H13N5O2/c1-7-2-5-9(18-7)11-13-15-16(14-11)6-10(17)12-8-3-4-8/h2,5,8H,3-4,6H2,1H3,(H,12,17). The molecule has 1 aliphatic rings. The minimum atomic E-state index is -0.0860. The minimum Gasteiger partial charge on any atom is -0.458 e. The third-order valence-electron chi connectivity index (χ3n) is 2.64. The average Bonchev–Trinajstić information content (AvgIpc) is 2.85. The molecule has 7 heteroatoms. The lowest BCUT2D eigenvalue weighted by Crippen LogP contribution is -2.30. The normalized spacial score (nSPS) is 14.7. The summed E-state index contributed by atoms with van der Waals surface area (Å²) in [6.07, 6.45) is 2.13. The zero-order valence-corrected chi connectivity index (χ0v) is 9.96. The first-order valence-electron chi connectivity index (χ1n) is 5.85. The molecule has 0 radical (unpaired) electrons. The van der Waals surface area contributed by atoms with Crippen LogP contribution < -0.4 is 5.32 Å². The molecule has 94 valence electrons. The Bertz CT molecular complexity index is 570. The van der Waals surface area contributed by atoms with E-state index in [9.17, 15) is 4.79 Å². The second-order valence-corrected chi connectivity index (χ2v) is 4.40. The van der Waals surface area contributed by atoms with Crippen molar-refractivity contribution in [3.05, 3.63) is 17.9 Å². The van der Waals surface area contributed by atoms with Gasteiger partial charge in [0.25, 0.3) is 0 Å². The van der Waals surface area contributed by atoms with Gasteiger partial charge in [0, 0.05) is 6.04 Å². The van der Waals surface area contributed by atoms with E-state index in [4.69, 9.17) is 4.42 Å². The van der Waals surface area contributed by atoms with Crippen molar-refractivity contribution < 1.29 is 9.21 Å². The third-order valence-corrected chi connectivity index (χ3v) is 2.64. The van der Waals surface area contributed by atoms with E-state index in [1.54, 1.807) is 6.07 Å². The Balaban J connectivity index is 1.67. The molecule has 0 unspecified atom stereocenters. The fourth-order valence-electron chi connectivity index (χ4n) is 1.59. The van der Waals surface area contributed by atoms with Gasteiger partial charge in [-0.3, -0.25) is 4.79 Å². The SMILES string of the molecule is Cc1ccc(-c2nnn(CC(=O)NC3CC3)n2)o1. The topological polar surface area (TPSA) is 85.8 Å². The van der Waals surface area contributed by atoms with E-state index in [-0.39, 0.29) is 12.5 Å². The lowest BCUT2D eigenvalue weighted by atomic mass is 10.4. The maximum absolute atomic E-state index is 11.5. The fraction of sp³-hybridized carbons (Fsp3) is 0.455. The van der Waals surface area contributed by atoms with Crippen LogP contribution in [0.15, 0.2) is 16.5 Å². The molecular weight excluding hydrogens is 234 g/mol. The molecule has 0 aliphatic heterocycles. The second kappa shape index (κ2) is 4.25. The molecule has 0 spiro atoms. The molecule has 1 amide bonds. The van der Waals surface area contributed by atoms with Crippen LogP contribution >= 0.6 is 0 Å². The van der Waals surface area contributed by atoms with Crippen molar-refractivity contribution in [2.24, 2.45) is 0 Å². The maximum Gasteiger partial charge on any atom is 0.243 e. The number of hydrogen-bond donors (Lipinski definition) is 1. The number of aryl methyl sites for hydroxylation is 1. The molecule has 1 saturated carbocycles. The number of furan rings is 1. The largest absolute Gasteiger partial charge is 0.458 e. The average molecular weight is 247 g/mol. The molecule has 0 aromatic carbocycles. The molecule has 3 rings (SSSR count). The third kappa shape index (κ3) is 2.39. The smallest absolute Gasteiger partial charge is 0.243 e. The summed E-state index contributed by atoms with van der Waals surface area (Å²) in [6.45, 7) is 1.93. The highest BCUT2D eigenvalue weighted by atomic mass is 16.3. The Morgan fingerprint density at radius 1 is 1.56 bits per heavy atom. The number of carbonyl (C=O) groups excluding carboxylic acids is 1. The Morgan fingerprint density at radius 2 is 2.39 bits per heavy atom. The first-order valence-corrected chi connectivity index (χ1v) is 5.85. The summed E-state index contributed by atoms with van der Waals surface area (Å²) in [4.78, 5) is 12.8. The number of aromatic nitrogens is 4. The number of tetrazole rings is 1. The predicted octanol–water partition coefficient (Wildman–Crippen LogP) is 0.520. The quantitative estimate of drug-likeness (QED) is 0.851. The summed E-state index contributed by atoms with van der Waals surface area (Å²) >= 11 is 0. The van der Waals surface area contributed by atoms with Crippen molar-refractivity contribution in [1.29, 1.82) is 0 Å². The van der Waals surface area contributed by atoms with E-state index in [0.717, 1.165) is 18.6 Å². The van der Waals surface area contributed by atoms with Gasteiger partial charge in [0.1, 0.15) is 12.3 Å². The monoisotopic (exact) mass is 247 g/mol. The molecule has 7 nitrogen and oxygen atoms in total. The molecule has 2 heterocycles. The van der Waals surface area contributed by atoms with E-state index >= 15 is 0 Å². The molecular formula is C11H13N5O2. The molecule has 18 heavy (non-hydrogen) atoms. The Kier molecular flexibility index (Phi) is 2.58. The molecule has 1 aliphatic carbocycles. The molecule has 0 saturated heterocycles. The zero-order valence-electron chi connectivity index (χ0n) is 9.96. The van der Waals surface area contributed by atoms with Crippen LogP contribution in [0.1, 0.15) is 18.6 Å². The summed E-state index contributed by atoms with van der Waals surface area (Å²) in [5.41, 5.74) is 0. The van der Waals surface area contributed by atoms with Gasteiger partial charge in [-0.25, -0.2) is 0 Å². The van der Waals surface area contributed by atoms with Crippen LogP contribution in [0.5, 0.6) is 0 Å². The molecule has 2 aromatic heterocycles. The van der Waals surface area contributed by atoms with Gasteiger partial charge in [0.2, 0.25) is 11.7 Å². The fourth-order valence-corrected chi connectivity index (χ4v) is 1.59. The van der Waals surface area contributed by atoms with Gasteiger partial charge in [0.05, 0.1) is 0 Å². The molecule has 0 atom stereocenters. The second-order valence-electron chi connectivity index (χ2n) is 4.40. The summed E-state index contributed by atoms with van der Waals surface area (Å²) in [5, 5.41) is 14.6. The van der Waals surface area contributed by atoms with Crippen molar-refractivity contribution in [3.63, 3.8) is 0 Å². The van der Waals surface area contributed by atoms with E-state index in [1.165, 1.54) is 4.80 Å². The molecule has 0 bridgehead atoms. The van der Waals surface area contributed by atoms with Crippen LogP contribution in [0, 0.1) is 6.92 Å². The highest BCUT2D eigenvalue weighted by Crippen LogP contribution is 2.18. The summed E-state index contributed by atoms with van der Waals surface area (Å²) in [7, 11) is 0. The van der Waals surface area contributed by atoms with Crippen LogP contribution in [0.3, 0.4) is 0 Å². The van der Waals surface area contributed by atoms with Crippen LogP contribution in [0.4, 0.5) is 0 Å². The zero-order chi connectivity index (χ0) is 12.5. The first-order chi connectivity index (χ1) is 8.70. The van der Waals surface area contributed by atoms with Crippen LogP contribution in [0.25, 0.3) is 11.6 Å². The van der Waals surface area contributed by atoms with E-state index in [0.29, 0.717) is 17.6 Å². The van der Waals surface area contributed by atoms with Crippen LogP contribution in [-0.4, -0.2) is 32.2 Å². The van der Waals surface area contributed by atoms with Crippen LogP contribution in [0.2, 0.25) is 0 Å². The maximum atomic E-state index is 11.5. The number of amides is 1. The highest BCUT2D eigenvalue weighted by Gasteiger charge is 2.23. The summed E-state index contributed by atoms with van der Waals surface area (Å²) in [5.74, 6) is 1.65. The van der Waals surface area contributed by atoms with Gasteiger partial charge >= 0.3 is 0 Å². The van der Waals surface area contributed by atoms with Gasteiger partial charge in [-0.05, 0) is 37.1 Å². The lowest BCUT2D eigenvalue weighted by molar-refractivity contribution is -0.122. The number of nitrogens with zero attached hydrogens (tertiary/aromatic N) is 4. The van der Waals surface area contributed by atoms with Gasteiger partial charge < -0.3 is 9.73 Å². The van der Waals surface area contributed by atoms with E-state index in [2.05, 4.69) is 20.7 Å². The van der Waals surface area contributed by atoms with Crippen molar-refractivity contribution in [1.82, 2.24) is 25.5 Å². The number of rotatable bonds is 4. The van der Waals surface area contributed by atoms with Gasteiger partial charge in [0.15, 0.2) is 5.76 Å².